The first-order valence-electron chi connectivity index (χ1n) is 9.53. The zero-order valence-electron chi connectivity index (χ0n) is 16.1. The first kappa shape index (κ1) is 20.4. The Hall–Kier alpha value is -3.35. The van der Waals surface area contributed by atoms with Gasteiger partial charge < -0.3 is 15.3 Å². The number of urea groups is 1. The Balaban J connectivity index is 1.75. The molecule has 1 aliphatic heterocycles. The average Bonchev–Trinajstić information content (AvgIpc) is 2.71. The quantitative estimate of drug-likeness (QED) is 0.787. The minimum Gasteiger partial charge on any atom is -0.394 e. The summed E-state index contributed by atoms with van der Waals surface area (Å²) >= 11 is 0. The van der Waals surface area contributed by atoms with E-state index in [4.69, 9.17) is 0 Å². The van der Waals surface area contributed by atoms with Crippen LogP contribution in [0.1, 0.15) is 36.0 Å². The number of nitrogens with zero attached hydrogens (tertiary/aromatic N) is 2. The van der Waals surface area contributed by atoms with Crippen LogP contribution in [0.4, 0.5) is 9.18 Å². The lowest BCUT2D eigenvalue weighted by Gasteiger charge is -2.51. The van der Waals surface area contributed by atoms with E-state index in [2.05, 4.69) is 23.2 Å². The van der Waals surface area contributed by atoms with Crippen LogP contribution in [0.5, 0.6) is 0 Å². The molecule has 3 atom stereocenters. The topological polar surface area (TPSA) is 76.4 Å². The number of carbonyl (C=O) groups is 1. The van der Waals surface area contributed by atoms with Crippen LogP contribution in [0.15, 0.2) is 48.5 Å². The standard InChI is InChI=1S/C23H22FN3O2/c1-2-12-26-23(29)27-20(14-25)22(21(27)15-28)18-10-8-16(9-11-18)6-7-17-4-3-5-19(24)13-17/h3-5,8-11,13,20-22,28H,2,12,15H2,1H3,(H,26,29)/t20-,21-,22-/m0/s1. The Morgan fingerprint density at radius 3 is 2.55 bits per heavy atom. The van der Waals surface area contributed by atoms with E-state index >= 15 is 0 Å². The zero-order chi connectivity index (χ0) is 20.8. The molecule has 0 saturated carbocycles. The fourth-order valence-electron chi connectivity index (χ4n) is 3.51. The molecule has 0 aromatic heterocycles. The number of benzene rings is 2. The van der Waals surface area contributed by atoms with Gasteiger partial charge in [-0.1, -0.05) is 37.0 Å². The SMILES string of the molecule is CCCNC(=O)N1[C@@H](C#N)[C@H](c2ccc(C#Cc3cccc(F)c3)cc2)[C@@H]1CO. The number of nitriles is 1. The molecule has 0 radical (unpaired) electrons. The molecule has 2 amide bonds. The number of amides is 2. The van der Waals surface area contributed by atoms with Crippen molar-refractivity contribution < 1.29 is 14.3 Å². The molecule has 0 unspecified atom stereocenters. The molecule has 1 heterocycles. The molecule has 2 aromatic rings. The number of likely N-dealkylation sites (tertiary alicyclic amines) is 1. The highest BCUT2D eigenvalue weighted by Gasteiger charge is 2.51. The summed E-state index contributed by atoms with van der Waals surface area (Å²) in [7, 11) is 0. The molecule has 0 spiro atoms. The van der Waals surface area contributed by atoms with Crippen LogP contribution in [0.25, 0.3) is 0 Å². The molecular weight excluding hydrogens is 369 g/mol. The number of hydrogen-bond acceptors (Lipinski definition) is 3. The van der Waals surface area contributed by atoms with Crippen molar-refractivity contribution in [2.24, 2.45) is 0 Å². The van der Waals surface area contributed by atoms with Gasteiger partial charge in [0.2, 0.25) is 0 Å². The third kappa shape index (κ3) is 4.39. The van der Waals surface area contributed by atoms with Crippen molar-refractivity contribution in [1.82, 2.24) is 10.2 Å². The highest BCUT2D eigenvalue weighted by atomic mass is 19.1. The molecular formula is C23H22FN3O2. The monoisotopic (exact) mass is 391 g/mol. The van der Waals surface area contributed by atoms with Crippen LogP contribution in [-0.2, 0) is 0 Å². The summed E-state index contributed by atoms with van der Waals surface area (Å²) in [6.07, 6.45) is 0.794. The van der Waals surface area contributed by atoms with E-state index in [-0.39, 0.29) is 24.4 Å². The lowest BCUT2D eigenvalue weighted by molar-refractivity contribution is 0.0169. The second-order valence-electron chi connectivity index (χ2n) is 6.87. The van der Waals surface area contributed by atoms with Gasteiger partial charge in [0.05, 0.1) is 18.7 Å². The van der Waals surface area contributed by atoms with Gasteiger partial charge in [0.15, 0.2) is 0 Å². The van der Waals surface area contributed by atoms with Crippen molar-refractivity contribution in [3.05, 3.63) is 71.0 Å². The van der Waals surface area contributed by atoms with Gasteiger partial charge in [-0.3, -0.25) is 0 Å². The maximum atomic E-state index is 13.2. The van der Waals surface area contributed by atoms with Gasteiger partial charge in [0.1, 0.15) is 11.9 Å². The van der Waals surface area contributed by atoms with Crippen LogP contribution in [0.2, 0.25) is 0 Å². The van der Waals surface area contributed by atoms with Crippen molar-refractivity contribution >= 4 is 6.03 Å². The summed E-state index contributed by atoms with van der Waals surface area (Å²) in [6, 6.07) is 14.2. The van der Waals surface area contributed by atoms with Crippen molar-refractivity contribution in [1.29, 1.82) is 5.26 Å². The second kappa shape index (κ2) is 9.23. The van der Waals surface area contributed by atoms with Gasteiger partial charge in [-0.15, -0.1) is 0 Å². The fourth-order valence-corrected chi connectivity index (χ4v) is 3.51. The largest absolute Gasteiger partial charge is 0.394 e. The molecule has 1 fully saturated rings. The van der Waals surface area contributed by atoms with Gasteiger partial charge in [-0.05, 0) is 42.3 Å². The van der Waals surface area contributed by atoms with E-state index in [0.29, 0.717) is 12.1 Å². The molecule has 148 valence electrons. The predicted molar refractivity (Wildman–Crippen MR) is 107 cm³/mol. The van der Waals surface area contributed by atoms with Crippen molar-refractivity contribution in [2.45, 2.75) is 31.3 Å². The number of rotatable bonds is 4. The number of carbonyl (C=O) groups excluding carboxylic acids is 1. The van der Waals surface area contributed by atoms with Gasteiger partial charge in [0, 0.05) is 23.6 Å². The molecule has 2 aromatic carbocycles. The third-order valence-electron chi connectivity index (χ3n) is 4.96. The molecule has 0 aliphatic carbocycles. The summed E-state index contributed by atoms with van der Waals surface area (Å²) in [5.41, 5.74) is 2.21. The Morgan fingerprint density at radius 2 is 1.93 bits per heavy atom. The Labute approximate surface area is 169 Å². The normalized spacial score (nSPS) is 20.1. The van der Waals surface area contributed by atoms with Crippen LogP contribution < -0.4 is 5.32 Å². The Bertz CT molecular complexity index is 972. The Morgan fingerprint density at radius 1 is 1.21 bits per heavy atom. The maximum Gasteiger partial charge on any atom is 0.318 e. The number of hydrogen-bond donors (Lipinski definition) is 2. The minimum absolute atomic E-state index is 0.219. The van der Waals surface area contributed by atoms with Gasteiger partial charge in [-0.2, -0.15) is 5.26 Å². The first-order chi connectivity index (χ1) is 14.1. The smallest absolute Gasteiger partial charge is 0.318 e. The molecule has 3 rings (SSSR count). The summed E-state index contributed by atoms with van der Waals surface area (Å²) in [5, 5.41) is 22.1. The van der Waals surface area contributed by atoms with E-state index in [0.717, 1.165) is 17.5 Å². The van der Waals surface area contributed by atoms with E-state index in [1.807, 2.05) is 31.2 Å². The molecule has 5 nitrogen and oxygen atoms in total. The lowest BCUT2D eigenvalue weighted by Crippen LogP contribution is -2.67. The van der Waals surface area contributed by atoms with Gasteiger partial charge >= 0.3 is 6.03 Å². The van der Waals surface area contributed by atoms with Crippen LogP contribution in [-0.4, -0.2) is 41.3 Å². The highest BCUT2D eigenvalue weighted by Crippen LogP contribution is 2.40. The van der Waals surface area contributed by atoms with Crippen LogP contribution >= 0.6 is 0 Å². The molecule has 0 bridgehead atoms. The summed E-state index contributed by atoms with van der Waals surface area (Å²) in [6.45, 7) is 2.25. The maximum absolute atomic E-state index is 13.2. The number of aliphatic hydroxyl groups is 1. The second-order valence-corrected chi connectivity index (χ2v) is 6.87. The lowest BCUT2D eigenvalue weighted by atomic mass is 9.76. The van der Waals surface area contributed by atoms with E-state index in [9.17, 15) is 19.6 Å². The number of nitrogens with one attached hydrogen (secondary N) is 1. The summed E-state index contributed by atoms with van der Waals surface area (Å²) < 4.78 is 13.2. The number of aliphatic hydroxyl groups excluding tert-OH is 1. The summed E-state index contributed by atoms with van der Waals surface area (Å²) in [5.74, 6) is 5.31. The van der Waals surface area contributed by atoms with E-state index in [1.165, 1.54) is 17.0 Å². The summed E-state index contributed by atoms with van der Waals surface area (Å²) in [4.78, 5) is 13.7. The highest BCUT2D eigenvalue weighted by molar-refractivity contribution is 5.77. The molecule has 29 heavy (non-hydrogen) atoms. The number of halogens is 1. The van der Waals surface area contributed by atoms with Gasteiger partial charge in [-0.25, -0.2) is 9.18 Å². The van der Waals surface area contributed by atoms with Crippen LogP contribution in [0, 0.1) is 29.0 Å². The molecule has 1 saturated heterocycles. The molecule has 2 N–H and O–H groups in total. The predicted octanol–water partition coefficient (Wildman–Crippen LogP) is 3.00. The van der Waals surface area contributed by atoms with E-state index < -0.39 is 12.1 Å². The third-order valence-corrected chi connectivity index (χ3v) is 4.96. The zero-order valence-corrected chi connectivity index (χ0v) is 16.1. The van der Waals surface area contributed by atoms with Crippen molar-refractivity contribution in [2.75, 3.05) is 13.2 Å². The molecule has 1 aliphatic rings. The van der Waals surface area contributed by atoms with Crippen LogP contribution in [0.3, 0.4) is 0 Å². The van der Waals surface area contributed by atoms with E-state index in [1.54, 1.807) is 12.1 Å². The van der Waals surface area contributed by atoms with Crippen molar-refractivity contribution in [3.8, 4) is 17.9 Å². The van der Waals surface area contributed by atoms with Crippen molar-refractivity contribution in [3.63, 3.8) is 0 Å². The molecule has 6 heteroatoms. The average molecular weight is 391 g/mol. The fraction of sp³-hybridized carbons (Fsp3) is 0.304. The minimum atomic E-state index is -0.631. The Kier molecular flexibility index (Phi) is 6.49. The van der Waals surface area contributed by atoms with Gasteiger partial charge in [0.25, 0.3) is 0 Å². The first-order valence-corrected chi connectivity index (χ1v) is 9.53.